The standard InChI is InChI=1S/C9H5BrOS.C2H6/c10-7-1-2-8-6(4-11)5-12-9(8)3-7;1-2/h1-5H;1-2H3. The van der Waals surface area contributed by atoms with Crippen LogP contribution >= 0.6 is 27.3 Å². The first-order valence-electron chi connectivity index (χ1n) is 4.43. The van der Waals surface area contributed by atoms with Crippen molar-refractivity contribution in [2.45, 2.75) is 13.8 Å². The predicted octanol–water partition coefficient (Wildman–Crippen LogP) is 4.50. The Morgan fingerprint density at radius 3 is 2.71 bits per heavy atom. The average molecular weight is 271 g/mol. The minimum atomic E-state index is 0.780. The van der Waals surface area contributed by atoms with Crippen LogP contribution in [0.4, 0.5) is 0 Å². The van der Waals surface area contributed by atoms with Crippen LogP contribution in [-0.4, -0.2) is 6.29 Å². The SMILES string of the molecule is CC.O=Cc1csc2cc(Br)ccc12. The minimum absolute atomic E-state index is 0.780. The van der Waals surface area contributed by atoms with Crippen LogP contribution in [0.2, 0.25) is 0 Å². The monoisotopic (exact) mass is 270 g/mol. The highest BCUT2D eigenvalue weighted by molar-refractivity contribution is 9.10. The zero-order valence-electron chi connectivity index (χ0n) is 8.08. The second kappa shape index (κ2) is 5.27. The number of rotatable bonds is 1. The van der Waals surface area contributed by atoms with E-state index >= 15 is 0 Å². The fraction of sp³-hybridized carbons (Fsp3) is 0.182. The minimum Gasteiger partial charge on any atom is -0.298 e. The highest BCUT2D eigenvalue weighted by Gasteiger charge is 2.01. The summed E-state index contributed by atoms with van der Waals surface area (Å²) in [6.07, 6.45) is 0.896. The topological polar surface area (TPSA) is 17.1 Å². The van der Waals surface area contributed by atoms with Gasteiger partial charge in [0, 0.05) is 25.5 Å². The van der Waals surface area contributed by atoms with E-state index in [1.807, 2.05) is 37.4 Å². The molecule has 0 radical (unpaired) electrons. The average Bonchev–Trinajstić information content (AvgIpc) is 2.62. The summed E-state index contributed by atoms with van der Waals surface area (Å²) < 4.78 is 2.20. The molecule has 3 heteroatoms. The van der Waals surface area contributed by atoms with Crippen molar-refractivity contribution in [3.05, 3.63) is 33.6 Å². The molecular formula is C11H11BrOS. The summed E-state index contributed by atoms with van der Waals surface area (Å²) in [5, 5.41) is 2.92. The number of hydrogen-bond acceptors (Lipinski definition) is 2. The number of aldehydes is 1. The van der Waals surface area contributed by atoms with E-state index in [1.165, 1.54) is 0 Å². The van der Waals surface area contributed by atoms with Crippen LogP contribution in [0.3, 0.4) is 0 Å². The van der Waals surface area contributed by atoms with Gasteiger partial charge in [-0.3, -0.25) is 4.79 Å². The molecule has 1 heterocycles. The van der Waals surface area contributed by atoms with Crippen molar-refractivity contribution in [2.24, 2.45) is 0 Å². The second-order valence-corrected chi connectivity index (χ2v) is 4.28. The number of fused-ring (bicyclic) bond motifs is 1. The van der Waals surface area contributed by atoms with Gasteiger partial charge in [-0.2, -0.15) is 0 Å². The van der Waals surface area contributed by atoms with Crippen molar-refractivity contribution in [1.82, 2.24) is 0 Å². The third kappa shape index (κ3) is 2.22. The molecule has 0 fully saturated rings. The van der Waals surface area contributed by atoms with E-state index in [4.69, 9.17) is 0 Å². The van der Waals surface area contributed by atoms with Crippen LogP contribution in [-0.2, 0) is 0 Å². The first kappa shape index (κ1) is 11.4. The molecule has 2 aromatic rings. The van der Waals surface area contributed by atoms with Gasteiger partial charge in [0.25, 0.3) is 0 Å². The third-order valence-electron chi connectivity index (χ3n) is 1.69. The van der Waals surface area contributed by atoms with Crippen molar-refractivity contribution in [1.29, 1.82) is 0 Å². The van der Waals surface area contributed by atoms with Crippen molar-refractivity contribution >= 4 is 43.6 Å². The van der Waals surface area contributed by atoms with E-state index < -0.39 is 0 Å². The lowest BCUT2D eigenvalue weighted by Gasteiger charge is -1.90. The van der Waals surface area contributed by atoms with E-state index in [0.717, 1.165) is 26.4 Å². The van der Waals surface area contributed by atoms with Gasteiger partial charge < -0.3 is 0 Å². The van der Waals surface area contributed by atoms with Crippen molar-refractivity contribution in [3.8, 4) is 0 Å². The molecule has 0 N–H and O–H groups in total. The fourth-order valence-corrected chi connectivity index (χ4v) is 2.57. The molecule has 2 rings (SSSR count). The molecular weight excluding hydrogens is 260 g/mol. The van der Waals surface area contributed by atoms with Crippen LogP contribution < -0.4 is 0 Å². The zero-order valence-corrected chi connectivity index (χ0v) is 10.5. The maximum Gasteiger partial charge on any atom is 0.151 e. The van der Waals surface area contributed by atoms with E-state index in [0.29, 0.717) is 0 Å². The maximum absolute atomic E-state index is 10.6. The molecule has 0 spiro atoms. The Kier molecular flexibility index (Phi) is 4.29. The Hall–Kier alpha value is -0.670. The summed E-state index contributed by atoms with van der Waals surface area (Å²) in [5.74, 6) is 0. The molecule has 0 atom stereocenters. The predicted molar refractivity (Wildman–Crippen MR) is 66.3 cm³/mol. The van der Waals surface area contributed by atoms with Crippen molar-refractivity contribution in [3.63, 3.8) is 0 Å². The molecule has 1 nitrogen and oxygen atoms in total. The van der Waals surface area contributed by atoms with Gasteiger partial charge in [-0.15, -0.1) is 11.3 Å². The van der Waals surface area contributed by atoms with Crippen molar-refractivity contribution in [2.75, 3.05) is 0 Å². The number of carbonyl (C=O) groups is 1. The van der Waals surface area contributed by atoms with Gasteiger partial charge in [0.2, 0.25) is 0 Å². The molecule has 0 saturated carbocycles. The number of carbonyl (C=O) groups excluding carboxylic acids is 1. The van der Waals surface area contributed by atoms with Gasteiger partial charge in [0.1, 0.15) is 0 Å². The summed E-state index contributed by atoms with van der Waals surface area (Å²) in [5.41, 5.74) is 0.780. The van der Waals surface area contributed by atoms with Crippen LogP contribution in [0.15, 0.2) is 28.1 Å². The quantitative estimate of drug-likeness (QED) is 0.698. The summed E-state index contributed by atoms with van der Waals surface area (Å²) in [4.78, 5) is 10.6. The Balaban J connectivity index is 0.000000461. The number of halogens is 1. The van der Waals surface area contributed by atoms with Gasteiger partial charge >= 0.3 is 0 Å². The molecule has 0 amide bonds. The Morgan fingerprint density at radius 2 is 2.07 bits per heavy atom. The lowest BCUT2D eigenvalue weighted by Crippen LogP contribution is -1.73. The summed E-state index contributed by atoms with van der Waals surface area (Å²) in [6.45, 7) is 4.00. The van der Waals surface area contributed by atoms with Crippen molar-refractivity contribution < 1.29 is 4.79 Å². The second-order valence-electron chi connectivity index (χ2n) is 2.45. The summed E-state index contributed by atoms with van der Waals surface area (Å²) in [7, 11) is 0. The molecule has 1 aromatic carbocycles. The largest absolute Gasteiger partial charge is 0.298 e. The molecule has 0 saturated heterocycles. The lowest BCUT2D eigenvalue weighted by atomic mass is 10.2. The van der Waals surface area contributed by atoms with Gasteiger partial charge in [-0.1, -0.05) is 35.8 Å². The number of hydrogen-bond donors (Lipinski definition) is 0. The first-order chi connectivity index (χ1) is 6.81. The highest BCUT2D eigenvalue weighted by Crippen LogP contribution is 2.27. The molecule has 0 aliphatic carbocycles. The third-order valence-corrected chi connectivity index (χ3v) is 3.15. The highest BCUT2D eigenvalue weighted by atomic mass is 79.9. The summed E-state index contributed by atoms with van der Waals surface area (Å²) in [6, 6.07) is 5.93. The van der Waals surface area contributed by atoms with Crippen LogP contribution in [0, 0.1) is 0 Å². The first-order valence-corrected chi connectivity index (χ1v) is 6.10. The summed E-state index contributed by atoms with van der Waals surface area (Å²) >= 11 is 4.97. The molecule has 0 aliphatic heterocycles. The van der Waals surface area contributed by atoms with Crippen LogP contribution in [0.25, 0.3) is 10.1 Å². The van der Waals surface area contributed by atoms with E-state index in [1.54, 1.807) is 11.3 Å². The molecule has 0 aliphatic rings. The van der Waals surface area contributed by atoms with E-state index in [2.05, 4.69) is 15.9 Å². The molecule has 0 unspecified atom stereocenters. The molecule has 74 valence electrons. The normalized spacial score (nSPS) is 9.36. The van der Waals surface area contributed by atoms with Gasteiger partial charge in [-0.05, 0) is 12.1 Å². The zero-order chi connectivity index (χ0) is 10.6. The Morgan fingerprint density at radius 1 is 1.36 bits per heavy atom. The Labute approximate surface area is 95.9 Å². The smallest absolute Gasteiger partial charge is 0.151 e. The van der Waals surface area contributed by atoms with Gasteiger partial charge in [0.15, 0.2) is 6.29 Å². The van der Waals surface area contributed by atoms with Gasteiger partial charge in [0.05, 0.1) is 0 Å². The van der Waals surface area contributed by atoms with Crippen LogP contribution in [0.1, 0.15) is 24.2 Å². The lowest BCUT2D eigenvalue weighted by molar-refractivity contribution is 0.112. The number of benzene rings is 1. The number of thiophene rings is 1. The van der Waals surface area contributed by atoms with E-state index in [-0.39, 0.29) is 0 Å². The molecule has 14 heavy (non-hydrogen) atoms. The van der Waals surface area contributed by atoms with E-state index in [9.17, 15) is 4.79 Å². The van der Waals surface area contributed by atoms with Crippen LogP contribution in [0.5, 0.6) is 0 Å². The Bertz CT molecular complexity index is 434. The molecule has 1 aromatic heterocycles. The van der Waals surface area contributed by atoms with Gasteiger partial charge in [-0.25, -0.2) is 0 Å². The molecule has 0 bridgehead atoms. The maximum atomic E-state index is 10.6. The fourth-order valence-electron chi connectivity index (χ4n) is 1.11.